The van der Waals surface area contributed by atoms with Crippen LogP contribution in [-0.2, 0) is 0 Å². The Kier molecular flexibility index (Phi) is 5.85. The molecule has 0 aliphatic carbocycles. The second-order valence-corrected chi connectivity index (χ2v) is 8.02. The van der Waals surface area contributed by atoms with Crippen molar-refractivity contribution in [3.8, 4) is 11.3 Å². The van der Waals surface area contributed by atoms with E-state index in [1.54, 1.807) is 6.92 Å². The summed E-state index contributed by atoms with van der Waals surface area (Å²) >= 11 is 0. The zero-order valence-corrected chi connectivity index (χ0v) is 18.0. The summed E-state index contributed by atoms with van der Waals surface area (Å²) in [5, 5.41) is 25.7. The highest BCUT2D eigenvalue weighted by molar-refractivity contribution is 6.00. The van der Waals surface area contributed by atoms with Gasteiger partial charge in [-0.25, -0.2) is 4.79 Å². The molecule has 3 aromatic rings. The summed E-state index contributed by atoms with van der Waals surface area (Å²) < 4.78 is 47.7. The first kappa shape index (κ1) is 24.0. The van der Waals surface area contributed by atoms with Crippen molar-refractivity contribution in [3.63, 3.8) is 0 Å². The van der Waals surface area contributed by atoms with E-state index >= 15 is 0 Å². The molecule has 3 N–H and O–H groups in total. The molecule has 1 fully saturated rings. The monoisotopic (exact) mass is 489 g/mol. The van der Waals surface area contributed by atoms with Gasteiger partial charge in [0.25, 0.3) is 5.69 Å². The number of carbonyl (C=O) groups excluding carboxylic acids is 2. The van der Waals surface area contributed by atoms with Crippen LogP contribution >= 0.6 is 0 Å². The number of Topliss-reactive ketones (excluding diaryl/α,β-unsaturated/α-hetero) is 1. The number of furan rings is 1. The summed E-state index contributed by atoms with van der Waals surface area (Å²) in [5.41, 5.74) is -3.58. The quantitative estimate of drug-likeness (QED) is 0.278. The third-order valence-corrected chi connectivity index (χ3v) is 5.72. The average Bonchev–Trinajstić information content (AvgIpc) is 3.28. The fourth-order valence-electron chi connectivity index (χ4n) is 3.98. The van der Waals surface area contributed by atoms with E-state index in [1.165, 1.54) is 66.0 Å². The van der Waals surface area contributed by atoms with E-state index in [4.69, 9.17) is 4.42 Å². The van der Waals surface area contributed by atoms with Gasteiger partial charge in [-0.3, -0.25) is 14.9 Å². The molecule has 2 aromatic carbocycles. The van der Waals surface area contributed by atoms with Gasteiger partial charge < -0.3 is 20.2 Å². The molecule has 1 aliphatic heterocycles. The van der Waals surface area contributed by atoms with Crippen molar-refractivity contribution in [2.24, 2.45) is 5.92 Å². The van der Waals surface area contributed by atoms with Crippen molar-refractivity contribution < 1.29 is 37.2 Å². The van der Waals surface area contributed by atoms with Crippen LogP contribution in [0.3, 0.4) is 0 Å². The van der Waals surface area contributed by atoms with Gasteiger partial charge in [0.05, 0.1) is 10.5 Å². The molecule has 0 spiro atoms. The lowest BCUT2D eigenvalue weighted by Crippen LogP contribution is -2.72. The maximum absolute atomic E-state index is 14.0. The fourth-order valence-corrected chi connectivity index (χ4v) is 3.98. The molecule has 2 heterocycles. The molecule has 0 bridgehead atoms. The van der Waals surface area contributed by atoms with Crippen LogP contribution in [0.2, 0.25) is 0 Å². The number of hydrogen-bond acceptors (Lipinski definition) is 6. The molecule has 1 aliphatic rings. The number of nitro benzene ring substituents is 1. The van der Waals surface area contributed by atoms with E-state index in [0.717, 1.165) is 5.56 Å². The molecule has 1 saturated heterocycles. The number of carbonyl (C=O) groups is 2. The number of nitrogens with zero attached hydrogens (tertiary/aromatic N) is 1. The fraction of sp³-hybridized carbons (Fsp3) is 0.217. The van der Waals surface area contributed by atoms with Gasteiger partial charge in [-0.05, 0) is 25.1 Å². The Morgan fingerprint density at radius 1 is 1.11 bits per heavy atom. The van der Waals surface area contributed by atoms with E-state index in [2.05, 4.69) is 5.32 Å². The van der Waals surface area contributed by atoms with Gasteiger partial charge in [0.2, 0.25) is 5.72 Å². The Hall–Kier alpha value is -4.19. The van der Waals surface area contributed by atoms with Gasteiger partial charge in [-0.2, -0.15) is 13.2 Å². The predicted molar refractivity (Wildman–Crippen MR) is 115 cm³/mol. The zero-order chi connectivity index (χ0) is 25.5. The van der Waals surface area contributed by atoms with Crippen molar-refractivity contribution in [1.29, 1.82) is 0 Å². The minimum atomic E-state index is -5.43. The Bertz CT molecular complexity index is 1300. The van der Waals surface area contributed by atoms with Crippen molar-refractivity contribution in [3.05, 3.63) is 87.7 Å². The van der Waals surface area contributed by atoms with Crippen LogP contribution in [-0.4, -0.2) is 33.7 Å². The summed E-state index contributed by atoms with van der Waals surface area (Å²) in [6.07, 6.45) is -5.43. The SMILES string of the molecule is Cc1ccc(C(=O)[C@H]2[C@H](c3ccc(-c4ccccc4[N+](=O)[O-])o3)NC(=O)N[C@]2(O)C(F)(F)F)cc1. The van der Waals surface area contributed by atoms with Crippen LogP contribution in [0.4, 0.5) is 23.7 Å². The molecule has 35 heavy (non-hydrogen) atoms. The van der Waals surface area contributed by atoms with Crippen molar-refractivity contribution in [2.45, 2.75) is 24.9 Å². The molecule has 182 valence electrons. The lowest BCUT2D eigenvalue weighted by Gasteiger charge is -2.44. The summed E-state index contributed by atoms with van der Waals surface area (Å²) in [7, 11) is 0. The third-order valence-electron chi connectivity index (χ3n) is 5.72. The highest BCUT2D eigenvalue weighted by atomic mass is 19.4. The van der Waals surface area contributed by atoms with Crippen LogP contribution < -0.4 is 10.6 Å². The number of rotatable bonds is 5. The summed E-state index contributed by atoms with van der Waals surface area (Å²) in [6.45, 7) is 1.72. The van der Waals surface area contributed by atoms with Crippen LogP contribution in [0.15, 0.2) is 65.1 Å². The lowest BCUT2D eigenvalue weighted by molar-refractivity contribution is -0.384. The van der Waals surface area contributed by atoms with Gasteiger partial charge in [0.15, 0.2) is 5.78 Å². The molecular weight excluding hydrogens is 471 g/mol. The van der Waals surface area contributed by atoms with Gasteiger partial charge in [-0.15, -0.1) is 0 Å². The van der Waals surface area contributed by atoms with Gasteiger partial charge >= 0.3 is 12.2 Å². The molecule has 12 heteroatoms. The van der Waals surface area contributed by atoms with Crippen molar-refractivity contribution in [1.82, 2.24) is 10.6 Å². The molecule has 0 radical (unpaired) electrons. The number of alkyl halides is 3. The van der Waals surface area contributed by atoms with Gasteiger partial charge in [-0.1, -0.05) is 42.0 Å². The van der Waals surface area contributed by atoms with Crippen molar-refractivity contribution >= 4 is 17.5 Å². The Morgan fingerprint density at radius 2 is 1.77 bits per heavy atom. The topological polar surface area (TPSA) is 135 Å². The molecule has 4 rings (SSSR count). The van der Waals surface area contributed by atoms with E-state index in [-0.39, 0.29) is 28.3 Å². The molecule has 1 aromatic heterocycles. The predicted octanol–water partition coefficient (Wildman–Crippen LogP) is 4.27. The van der Waals surface area contributed by atoms with E-state index in [9.17, 15) is 38.0 Å². The maximum Gasteiger partial charge on any atom is 0.437 e. The number of nitro groups is 1. The lowest BCUT2D eigenvalue weighted by atomic mass is 9.79. The number of aliphatic hydroxyl groups is 1. The third kappa shape index (κ3) is 4.23. The first-order valence-corrected chi connectivity index (χ1v) is 10.2. The largest absolute Gasteiger partial charge is 0.459 e. The molecule has 0 unspecified atom stereocenters. The number of ketones is 1. The number of para-hydroxylation sites is 1. The summed E-state index contributed by atoms with van der Waals surface area (Å²) in [6, 6.07) is 10.5. The molecular formula is C23H18F3N3O6. The average molecular weight is 489 g/mol. The second kappa shape index (κ2) is 8.55. The smallest absolute Gasteiger partial charge is 0.437 e. The number of benzene rings is 2. The minimum Gasteiger partial charge on any atom is -0.459 e. The van der Waals surface area contributed by atoms with Gasteiger partial charge in [0, 0.05) is 11.6 Å². The highest BCUT2D eigenvalue weighted by Crippen LogP contribution is 2.45. The number of urea groups is 1. The first-order chi connectivity index (χ1) is 16.4. The van der Waals surface area contributed by atoms with Crippen LogP contribution in [0, 0.1) is 23.0 Å². The number of aryl methyl sites for hydroxylation is 1. The standard InChI is InChI=1S/C23H18F3N3O6/c1-12-6-8-13(9-7-12)20(30)18-19(27-21(31)28-22(18,32)23(24,25)26)17-11-10-16(35-17)14-4-2-3-5-15(14)29(33)34/h2-11,18-19,32H,1H3,(H2,27,28,31)/t18-,19+,22-/m1/s1. The highest BCUT2D eigenvalue weighted by Gasteiger charge is 2.66. The second-order valence-electron chi connectivity index (χ2n) is 8.02. The van der Waals surface area contributed by atoms with E-state index < -0.39 is 40.6 Å². The molecule has 0 saturated carbocycles. The minimum absolute atomic E-state index is 0.0384. The summed E-state index contributed by atoms with van der Waals surface area (Å²) in [5.74, 6) is -3.77. The van der Waals surface area contributed by atoms with Crippen LogP contribution in [0.5, 0.6) is 0 Å². The Morgan fingerprint density at radius 3 is 2.40 bits per heavy atom. The maximum atomic E-state index is 14.0. The van der Waals surface area contributed by atoms with Crippen molar-refractivity contribution in [2.75, 3.05) is 0 Å². The number of nitrogens with one attached hydrogen (secondary N) is 2. The van der Waals surface area contributed by atoms with Gasteiger partial charge in [0.1, 0.15) is 23.5 Å². The first-order valence-electron chi connectivity index (χ1n) is 10.2. The molecule has 2 amide bonds. The number of hydrogen-bond donors (Lipinski definition) is 3. The molecule has 9 nitrogen and oxygen atoms in total. The number of amides is 2. The zero-order valence-electron chi connectivity index (χ0n) is 18.0. The number of halogens is 3. The van der Waals surface area contributed by atoms with E-state index in [0.29, 0.717) is 0 Å². The normalized spacial score (nSPS) is 22.3. The summed E-state index contributed by atoms with van der Waals surface area (Å²) in [4.78, 5) is 36.2. The Balaban J connectivity index is 1.83. The van der Waals surface area contributed by atoms with Crippen LogP contribution in [0.1, 0.15) is 27.7 Å². The van der Waals surface area contributed by atoms with E-state index in [1.807, 2.05) is 0 Å². The van der Waals surface area contributed by atoms with Crippen LogP contribution in [0.25, 0.3) is 11.3 Å². The molecule has 3 atom stereocenters. The Labute approximate surface area is 195 Å².